The Bertz CT molecular complexity index is 1340. The third-order valence-electron chi connectivity index (χ3n) is 7.25. The first kappa shape index (κ1) is 25.8. The van der Waals surface area contributed by atoms with Gasteiger partial charge >= 0.3 is 0 Å². The van der Waals surface area contributed by atoms with E-state index in [-0.39, 0.29) is 29.9 Å². The number of thiophene rings is 1. The fourth-order valence-corrected chi connectivity index (χ4v) is 5.75. The molecule has 2 aliphatic rings. The molecule has 1 aliphatic carbocycles. The topological polar surface area (TPSA) is 120 Å². The number of nitriles is 1. The number of hydrogen-bond acceptors (Lipinski definition) is 7. The zero-order valence-corrected chi connectivity index (χ0v) is 21.7. The molecule has 1 atom stereocenters. The number of nitrogens with two attached hydrogens (primary N) is 1. The molecule has 2 aromatic heterocycles. The van der Waals surface area contributed by atoms with Gasteiger partial charge in [-0.2, -0.15) is 10.4 Å². The Balaban J connectivity index is 1.29. The van der Waals surface area contributed by atoms with Gasteiger partial charge in [0.25, 0.3) is 0 Å². The zero-order valence-electron chi connectivity index (χ0n) is 20.2. The number of carbonyl (C=O) groups is 1. The molecule has 1 aromatic carbocycles. The van der Waals surface area contributed by atoms with Crippen LogP contribution in [0.2, 0.25) is 4.34 Å². The van der Waals surface area contributed by atoms with Crippen LogP contribution in [0.15, 0.2) is 35.8 Å². The van der Waals surface area contributed by atoms with Crippen LogP contribution in [-0.2, 0) is 16.9 Å². The molecule has 3 heterocycles. The molecule has 1 saturated carbocycles. The number of nitrogens with zero attached hydrogens (tertiary/aromatic N) is 4. The molecular formula is C26H28ClFN6O2S. The molecule has 1 amide bonds. The maximum atomic E-state index is 14.8. The number of rotatable bonds is 8. The van der Waals surface area contributed by atoms with Crippen LogP contribution < -0.4 is 11.1 Å². The van der Waals surface area contributed by atoms with E-state index < -0.39 is 11.8 Å². The number of hydrogen-bond donors (Lipinski definition) is 3. The smallest absolute Gasteiger partial charge is 0.228 e. The molecule has 8 nitrogen and oxygen atoms in total. The van der Waals surface area contributed by atoms with Crippen LogP contribution in [0.25, 0.3) is 11.1 Å². The molecule has 1 aliphatic heterocycles. The molecule has 1 saturated heterocycles. The Morgan fingerprint density at radius 3 is 2.73 bits per heavy atom. The molecule has 4 N–H and O–H groups in total. The van der Waals surface area contributed by atoms with Crippen LogP contribution in [0.3, 0.4) is 0 Å². The molecule has 0 radical (unpaired) electrons. The van der Waals surface area contributed by atoms with Gasteiger partial charge in [0.2, 0.25) is 5.91 Å². The van der Waals surface area contributed by atoms with Gasteiger partial charge in [0.1, 0.15) is 12.0 Å². The summed E-state index contributed by atoms with van der Waals surface area (Å²) in [7, 11) is 0. The molecule has 1 unspecified atom stereocenters. The summed E-state index contributed by atoms with van der Waals surface area (Å²) in [6.45, 7) is 1.93. The minimum atomic E-state index is -1.30. The van der Waals surface area contributed by atoms with Gasteiger partial charge in [-0.1, -0.05) is 23.7 Å². The number of likely N-dealkylation sites (tertiary alicyclic amines) is 1. The van der Waals surface area contributed by atoms with Gasteiger partial charge in [-0.15, -0.1) is 11.3 Å². The molecule has 37 heavy (non-hydrogen) atoms. The van der Waals surface area contributed by atoms with Crippen molar-refractivity contribution in [1.29, 1.82) is 5.26 Å². The van der Waals surface area contributed by atoms with Crippen molar-refractivity contribution in [2.24, 2.45) is 11.7 Å². The molecule has 11 heteroatoms. The van der Waals surface area contributed by atoms with Crippen LogP contribution in [-0.4, -0.2) is 38.8 Å². The highest BCUT2D eigenvalue weighted by Gasteiger charge is 2.39. The molecule has 3 aromatic rings. The van der Waals surface area contributed by atoms with Crippen LogP contribution in [0, 0.1) is 23.1 Å². The second-order valence-corrected chi connectivity index (χ2v) is 11.4. The number of aromatic nitrogens is 2. The summed E-state index contributed by atoms with van der Waals surface area (Å²) < 4.78 is 17.1. The predicted molar refractivity (Wildman–Crippen MR) is 140 cm³/mol. The fraction of sp³-hybridized carbons (Fsp3) is 0.423. The van der Waals surface area contributed by atoms with Gasteiger partial charge in [0, 0.05) is 42.7 Å². The largest absolute Gasteiger partial charge is 0.374 e. The third kappa shape index (κ3) is 5.56. The van der Waals surface area contributed by atoms with E-state index in [2.05, 4.69) is 21.4 Å². The first-order chi connectivity index (χ1) is 17.8. The lowest BCUT2D eigenvalue weighted by atomic mass is 9.84. The van der Waals surface area contributed by atoms with Crippen molar-refractivity contribution >= 4 is 34.7 Å². The Morgan fingerprint density at radius 2 is 2.14 bits per heavy atom. The summed E-state index contributed by atoms with van der Waals surface area (Å²) >= 11 is 7.37. The molecule has 194 valence electrons. The lowest BCUT2D eigenvalue weighted by Crippen LogP contribution is -2.46. The average molecular weight is 543 g/mol. The van der Waals surface area contributed by atoms with Gasteiger partial charge in [-0.05, 0) is 48.9 Å². The van der Waals surface area contributed by atoms with Crippen molar-refractivity contribution in [1.82, 2.24) is 14.7 Å². The number of carbonyl (C=O) groups excluding carboxylic acids is 1. The van der Waals surface area contributed by atoms with Gasteiger partial charge in [-0.3, -0.25) is 14.4 Å². The van der Waals surface area contributed by atoms with Crippen molar-refractivity contribution < 1.29 is 14.3 Å². The summed E-state index contributed by atoms with van der Waals surface area (Å²) in [5, 5.41) is 28.9. The van der Waals surface area contributed by atoms with E-state index in [0.29, 0.717) is 47.9 Å². The highest BCUT2D eigenvalue weighted by atomic mass is 35.5. The second kappa shape index (κ2) is 10.5. The van der Waals surface area contributed by atoms with E-state index in [9.17, 15) is 19.6 Å². The standard InChI is InChI=1S/C26H28ClFN6O2S/c27-22-12-18(15-37-22)19-4-1-16(11-21(19)28)13-33-9-6-26(5-8-29,7-10-33)34-14-20(23(30)35)24(32-34)31-25(36)17-2-3-17/h1,4,11-12,14-15,17,23,35H,2-3,5-7,9-10,13,30H2,(H,31,32,36). The number of anilines is 1. The molecule has 0 bridgehead atoms. The predicted octanol–water partition coefficient (Wildman–Crippen LogP) is 4.61. The van der Waals surface area contributed by atoms with E-state index in [1.165, 1.54) is 11.3 Å². The number of benzene rings is 1. The minimum Gasteiger partial charge on any atom is -0.374 e. The van der Waals surface area contributed by atoms with Gasteiger partial charge in [0.05, 0.1) is 27.9 Å². The van der Waals surface area contributed by atoms with Gasteiger partial charge in [-0.25, -0.2) is 4.39 Å². The maximum Gasteiger partial charge on any atom is 0.228 e. The third-order valence-corrected chi connectivity index (χ3v) is 8.34. The zero-order chi connectivity index (χ0) is 26.2. The van der Waals surface area contributed by atoms with Crippen molar-refractivity contribution in [2.75, 3.05) is 18.4 Å². The average Bonchev–Trinajstić information content (AvgIpc) is 3.50. The summed E-state index contributed by atoms with van der Waals surface area (Å²) in [6.07, 6.45) is 3.52. The quantitative estimate of drug-likeness (QED) is 0.358. The summed E-state index contributed by atoms with van der Waals surface area (Å²) in [5.41, 5.74) is 7.66. The number of amides is 1. The normalized spacial score (nSPS) is 18.4. The summed E-state index contributed by atoms with van der Waals surface area (Å²) in [4.78, 5) is 14.5. The Labute approximate surface area is 223 Å². The van der Waals surface area contributed by atoms with Crippen molar-refractivity contribution in [2.45, 2.75) is 50.4 Å². The Hall–Kier alpha value is -2.81. The Morgan fingerprint density at radius 1 is 1.38 bits per heavy atom. The Kier molecular flexibility index (Phi) is 7.34. The van der Waals surface area contributed by atoms with Crippen molar-refractivity contribution in [3.63, 3.8) is 0 Å². The van der Waals surface area contributed by atoms with E-state index in [1.807, 2.05) is 11.4 Å². The van der Waals surface area contributed by atoms with Crippen LogP contribution in [0.5, 0.6) is 0 Å². The maximum absolute atomic E-state index is 14.8. The van der Waals surface area contributed by atoms with E-state index in [4.69, 9.17) is 17.3 Å². The van der Waals surface area contributed by atoms with Crippen LogP contribution in [0.1, 0.15) is 49.5 Å². The summed E-state index contributed by atoms with van der Waals surface area (Å²) in [6, 6.07) is 9.32. The number of halogens is 2. The number of piperidine rings is 1. The van der Waals surface area contributed by atoms with Crippen molar-refractivity contribution in [3.8, 4) is 17.2 Å². The number of nitrogens with one attached hydrogen (secondary N) is 1. The molecule has 0 spiro atoms. The van der Waals surface area contributed by atoms with E-state index >= 15 is 0 Å². The van der Waals surface area contributed by atoms with E-state index in [0.717, 1.165) is 24.0 Å². The fourth-order valence-electron chi connectivity index (χ4n) is 4.87. The minimum absolute atomic E-state index is 0.0221. The number of aliphatic hydroxyl groups excluding tert-OH is 1. The SMILES string of the molecule is N#CCC1(n2cc(C(N)O)c(NC(=O)C3CC3)n2)CCN(Cc2ccc(-c3csc(Cl)c3)c(F)c2)CC1. The molecular weight excluding hydrogens is 515 g/mol. The summed E-state index contributed by atoms with van der Waals surface area (Å²) in [5.74, 6) is -0.190. The lowest BCUT2D eigenvalue weighted by Gasteiger charge is -2.40. The lowest BCUT2D eigenvalue weighted by molar-refractivity contribution is -0.117. The van der Waals surface area contributed by atoms with Gasteiger partial charge in [0.15, 0.2) is 5.82 Å². The number of aliphatic hydroxyl groups is 1. The van der Waals surface area contributed by atoms with Crippen LogP contribution in [0.4, 0.5) is 10.2 Å². The first-order valence-corrected chi connectivity index (χ1v) is 13.5. The van der Waals surface area contributed by atoms with E-state index in [1.54, 1.807) is 29.1 Å². The van der Waals surface area contributed by atoms with Crippen molar-refractivity contribution in [3.05, 3.63) is 57.1 Å². The second-order valence-electron chi connectivity index (χ2n) is 9.88. The monoisotopic (exact) mass is 542 g/mol. The highest BCUT2D eigenvalue weighted by molar-refractivity contribution is 7.14. The molecule has 2 fully saturated rings. The van der Waals surface area contributed by atoms with Crippen LogP contribution >= 0.6 is 22.9 Å². The highest BCUT2D eigenvalue weighted by Crippen LogP contribution is 2.37. The molecule has 5 rings (SSSR count). The first-order valence-electron chi connectivity index (χ1n) is 12.2. The van der Waals surface area contributed by atoms with Gasteiger partial charge < -0.3 is 16.2 Å².